The first-order chi connectivity index (χ1) is 10.4. The molecule has 0 unspecified atom stereocenters. The van der Waals surface area contributed by atoms with Crippen molar-refractivity contribution in [3.05, 3.63) is 84.9 Å². The van der Waals surface area contributed by atoms with Gasteiger partial charge >= 0.3 is 130 Å². The van der Waals surface area contributed by atoms with E-state index in [4.69, 9.17) is 4.74 Å². The number of hydrogen-bond donors (Lipinski definition) is 0. The van der Waals surface area contributed by atoms with E-state index in [0.29, 0.717) is 0 Å². The maximum absolute atomic E-state index is 5.28. The van der Waals surface area contributed by atoms with Gasteiger partial charge in [-0.3, -0.25) is 0 Å². The van der Waals surface area contributed by atoms with Gasteiger partial charge in [-0.2, -0.15) is 0 Å². The average Bonchev–Trinajstić information content (AvgIpc) is 2.58. The molecule has 1 nitrogen and oxygen atoms in total. The predicted molar refractivity (Wildman–Crippen MR) is 90.5 cm³/mol. The van der Waals surface area contributed by atoms with Crippen molar-refractivity contribution in [3.63, 3.8) is 0 Å². The van der Waals surface area contributed by atoms with Crippen LogP contribution in [-0.4, -0.2) is 21.5 Å². The number of ether oxygens (including phenoxy) is 1. The van der Waals surface area contributed by atoms with Crippen LogP contribution in [0.1, 0.15) is 0 Å². The Morgan fingerprint density at radius 2 is 1.00 bits per heavy atom. The van der Waals surface area contributed by atoms with Crippen molar-refractivity contribution in [1.82, 2.24) is 0 Å². The summed E-state index contributed by atoms with van der Waals surface area (Å²) in [5.74, 6) is 0.914. The third-order valence-corrected chi connectivity index (χ3v) is 9.24. The standard InChI is InChI=1S/C19H17GeO/c1-21-19-14-12-18(13-15-19)20(16-8-4-2-5-9-16)17-10-6-3-7-11-17/h2-15H,1H3. The molecule has 0 N–H and O–H groups in total. The second-order valence-electron chi connectivity index (χ2n) is 4.84. The second kappa shape index (κ2) is 6.64. The molecule has 3 aromatic carbocycles. The molecule has 2 heteroatoms. The molecule has 0 heterocycles. The molecule has 3 rings (SSSR count). The van der Waals surface area contributed by atoms with Crippen LogP contribution in [0.4, 0.5) is 0 Å². The van der Waals surface area contributed by atoms with E-state index in [2.05, 4.69) is 84.9 Å². The first-order valence-corrected chi connectivity index (χ1v) is 10.2. The summed E-state index contributed by atoms with van der Waals surface area (Å²) in [5.41, 5.74) is 0. The van der Waals surface area contributed by atoms with Crippen LogP contribution in [0.15, 0.2) is 84.9 Å². The van der Waals surface area contributed by atoms with Crippen LogP contribution >= 0.6 is 0 Å². The Hall–Kier alpha value is -2.00. The monoisotopic (exact) mass is 335 g/mol. The summed E-state index contributed by atoms with van der Waals surface area (Å²) in [4.78, 5) is 0. The Bertz CT molecular complexity index is 638. The molecule has 0 aliphatic rings. The fourth-order valence-corrected chi connectivity index (χ4v) is 7.82. The third kappa shape index (κ3) is 3.19. The minimum atomic E-state index is -1.72. The fraction of sp³-hybridized carbons (Fsp3) is 0.0526. The van der Waals surface area contributed by atoms with Gasteiger partial charge in [-0.05, 0) is 0 Å². The van der Waals surface area contributed by atoms with Crippen molar-refractivity contribution >= 4 is 27.5 Å². The van der Waals surface area contributed by atoms with Crippen LogP contribution < -0.4 is 17.9 Å². The van der Waals surface area contributed by atoms with E-state index in [-0.39, 0.29) is 0 Å². The topological polar surface area (TPSA) is 9.23 Å². The molecule has 0 saturated carbocycles. The summed E-state index contributed by atoms with van der Waals surface area (Å²) in [6, 6.07) is 30.3. The van der Waals surface area contributed by atoms with Gasteiger partial charge in [0.25, 0.3) is 0 Å². The van der Waals surface area contributed by atoms with Gasteiger partial charge in [-0.25, -0.2) is 0 Å². The Labute approximate surface area is 130 Å². The number of methoxy groups -OCH3 is 1. The van der Waals surface area contributed by atoms with E-state index < -0.39 is 14.3 Å². The Morgan fingerprint density at radius 1 is 0.571 bits per heavy atom. The Morgan fingerprint density at radius 3 is 1.43 bits per heavy atom. The maximum atomic E-state index is 5.28. The molecule has 0 spiro atoms. The van der Waals surface area contributed by atoms with Gasteiger partial charge < -0.3 is 0 Å². The van der Waals surface area contributed by atoms with Crippen molar-refractivity contribution in [3.8, 4) is 5.75 Å². The van der Waals surface area contributed by atoms with Crippen LogP contribution in [0.5, 0.6) is 5.75 Å². The first kappa shape index (κ1) is 14.0. The van der Waals surface area contributed by atoms with E-state index in [0.717, 1.165) is 5.75 Å². The van der Waals surface area contributed by atoms with Gasteiger partial charge in [0.2, 0.25) is 0 Å². The molecule has 0 atom stereocenters. The van der Waals surface area contributed by atoms with Gasteiger partial charge in [0.1, 0.15) is 0 Å². The Kier molecular flexibility index (Phi) is 4.41. The van der Waals surface area contributed by atoms with E-state index in [1.165, 1.54) is 13.2 Å². The van der Waals surface area contributed by atoms with Crippen molar-refractivity contribution in [2.45, 2.75) is 0 Å². The zero-order valence-electron chi connectivity index (χ0n) is 12.0. The van der Waals surface area contributed by atoms with Crippen molar-refractivity contribution < 1.29 is 4.74 Å². The fourth-order valence-electron chi connectivity index (χ4n) is 2.47. The summed E-state index contributed by atoms with van der Waals surface area (Å²) in [5, 5.41) is 0. The molecule has 0 saturated heterocycles. The van der Waals surface area contributed by atoms with Gasteiger partial charge in [0, 0.05) is 0 Å². The summed E-state index contributed by atoms with van der Waals surface area (Å²) >= 11 is -1.72. The normalized spacial score (nSPS) is 10.6. The molecule has 21 heavy (non-hydrogen) atoms. The molecule has 0 aliphatic carbocycles. The zero-order chi connectivity index (χ0) is 14.5. The van der Waals surface area contributed by atoms with Crippen molar-refractivity contribution in [1.29, 1.82) is 0 Å². The molecule has 0 bridgehead atoms. The SMILES string of the molecule is COc1cc[c]([Ge]([c]2ccccc2)[c]2ccccc2)cc1. The molecule has 0 aromatic heterocycles. The molecule has 103 valence electrons. The number of rotatable bonds is 4. The summed E-state index contributed by atoms with van der Waals surface area (Å²) in [6.45, 7) is 0. The number of benzene rings is 3. The van der Waals surface area contributed by atoms with Crippen LogP contribution in [0, 0.1) is 0 Å². The van der Waals surface area contributed by atoms with Crippen molar-refractivity contribution in [2.75, 3.05) is 7.11 Å². The molecule has 0 amide bonds. The zero-order valence-corrected chi connectivity index (χ0v) is 14.1. The second-order valence-corrected chi connectivity index (χ2v) is 10.0. The van der Waals surface area contributed by atoms with E-state index in [9.17, 15) is 0 Å². The first-order valence-electron chi connectivity index (χ1n) is 7.01. The summed E-state index contributed by atoms with van der Waals surface area (Å²) in [7, 11) is 1.71. The molecule has 1 radical (unpaired) electrons. The Balaban J connectivity index is 2.07. The quantitative estimate of drug-likeness (QED) is 0.665. The summed E-state index contributed by atoms with van der Waals surface area (Å²) in [6.07, 6.45) is 0. The average molecular weight is 334 g/mol. The van der Waals surface area contributed by atoms with E-state index in [1.807, 2.05) is 0 Å². The van der Waals surface area contributed by atoms with Gasteiger partial charge in [0.05, 0.1) is 0 Å². The minimum absolute atomic E-state index is 0.914. The number of hydrogen-bond acceptors (Lipinski definition) is 1. The molecular weight excluding hydrogens is 317 g/mol. The van der Waals surface area contributed by atoms with Crippen LogP contribution in [0.25, 0.3) is 0 Å². The van der Waals surface area contributed by atoms with Crippen LogP contribution in [0.3, 0.4) is 0 Å². The predicted octanol–water partition coefficient (Wildman–Crippen LogP) is 2.21. The van der Waals surface area contributed by atoms with Crippen LogP contribution in [-0.2, 0) is 0 Å². The van der Waals surface area contributed by atoms with Crippen LogP contribution in [0.2, 0.25) is 0 Å². The van der Waals surface area contributed by atoms with E-state index >= 15 is 0 Å². The molecule has 0 fully saturated rings. The van der Waals surface area contributed by atoms with E-state index in [1.54, 1.807) is 7.11 Å². The van der Waals surface area contributed by atoms with Crippen molar-refractivity contribution in [2.24, 2.45) is 0 Å². The molecule has 0 aliphatic heterocycles. The summed E-state index contributed by atoms with van der Waals surface area (Å²) < 4.78 is 9.65. The molecular formula is C19H17GeO. The third-order valence-electron chi connectivity index (χ3n) is 3.50. The van der Waals surface area contributed by atoms with Gasteiger partial charge in [-0.1, -0.05) is 0 Å². The van der Waals surface area contributed by atoms with Gasteiger partial charge in [-0.15, -0.1) is 0 Å². The van der Waals surface area contributed by atoms with Gasteiger partial charge in [0.15, 0.2) is 0 Å². The molecule has 3 aromatic rings.